The van der Waals surface area contributed by atoms with Crippen LogP contribution in [0.5, 0.6) is 0 Å². The highest BCUT2D eigenvalue weighted by molar-refractivity contribution is 5.66. The smallest absolute Gasteiger partial charge is 0.407 e. The number of hydrogen-bond donors (Lipinski definition) is 1. The minimum absolute atomic E-state index is 0.322. The third kappa shape index (κ3) is 7.38. The van der Waals surface area contributed by atoms with Crippen molar-refractivity contribution in [2.45, 2.75) is 26.7 Å². The average molecular weight is 172 g/mol. The van der Waals surface area contributed by atoms with Crippen molar-refractivity contribution in [3.63, 3.8) is 0 Å². The Morgan fingerprint density at radius 3 is 2.75 bits per heavy atom. The van der Waals surface area contributed by atoms with Gasteiger partial charge in [-0.3, -0.25) is 0 Å². The quantitative estimate of drug-likeness (QED) is 0.644. The van der Waals surface area contributed by atoms with Gasteiger partial charge in [0.15, 0.2) is 0 Å². The molecule has 0 aromatic rings. The van der Waals surface area contributed by atoms with Crippen molar-refractivity contribution in [2.75, 3.05) is 13.2 Å². The lowest BCUT2D eigenvalue weighted by molar-refractivity contribution is 0.133. The summed E-state index contributed by atoms with van der Waals surface area (Å²) in [7, 11) is 0. The van der Waals surface area contributed by atoms with Crippen LogP contribution in [0, 0.1) is 12.8 Å². The monoisotopic (exact) mass is 172 g/mol. The lowest BCUT2D eigenvalue weighted by atomic mass is 10.2. The number of carbonyl (C=O) groups excluding carboxylic acids is 1. The molecule has 0 rings (SSSR count). The summed E-state index contributed by atoms with van der Waals surface area (Å²) in [6.07, 6.45) is 1.42. The molecular formula is C9H18NO2. The molecule has 0 fully saturated rings. The zero-order valence-corrected chi connectivity index (χ0v) is 7.93. The molecule has 0 aliphatic rings. The van der Waals surface area contributed by atoms with E-state index in [9.17, 15) is 4.79 Å². The van der Waals surface area contributed by atoms with Gasteiger partial charge in [0.1, 0.15) is 0 Å². The van der Waals surface area contributed by atoms with Gasteiger partial charge in [-0.05, 0) is 12.3 Å². The van der Waals surface area contributed by atoms with E-state index in [0.29, 0.717) is 19.1 Å². The van der Waals surface area contributed by atoms with Crippen LogP contribution < -0.4 is 5.32 Å². The second-order valence-corrected chi connectivity index (χ2v) is 3.13. The van der Waals surface area contributed by atoms with E-state index in [4.69, 9.17) is 4.74 Å². The van der Waals surface area contributed by atoms with Gasteiger partial charge < -0.3 is 10.1 Å². The number of ether oxygens (including phenoxy) is 1. The lowest BCUT2D eigenvalue weighted by Crippen LogP contribution is -2.26. The van der Waals surface area contributed by atoms with Crippen molar-refractivity contribution in [1.82, 2.24) is 5.32 Å². The van der Waals surface area contributed by atoms with Crippen LogP contribution in [0.15, 0.2) is 0 Å². The standard InChI is InChI=1S/C9H18NO2/c1-4-5-6-10-9(11)12-7-8(2)3/h8H,1,4-7H2,2-3H3,(H,10,11). The Hall–Kier alpha value is -0.730. The van der Waals surface area contributed by atoms with Crippen LogP contribution in [-0.4, -0.2) is 19.2 Å². The predicted octanol–water partition coefficient (Wildman–Crippen LogP) is 1.98. The fourth-order valence-corrected chi connectivity index (χ4v) is 0.609. The summed E-state index contributed by atoms with van der Waals surface area (Å²) in [5.41, 5.74) is 0. The minimum atomic E-state index is -0.322. The largest absolute Gasteiger partial charge is 0.449 e. The predicted molar refractivity (Wildman–Crippen MR) is 48.8 cm³/mol. The van der Waals surface area contributed by atoms with Gasteiger partial charge in [-0.1, -0.05) is 27.2 Å². The Balaban J connectivity index is 3.22. The van der Waals surface area contributed by atoms with Crippen molar-refractivity contribution in [3.8, 4) is 0 Å². The highest BCUT2D eigenvalue weighted by Crippen LogP contribution is 1.92. The number of amides is 1. The van der Waals surface area contributed by atoms with Crippen LogP contribution in [-0.2, 0) is 4.74 Å². The minimum Gasteiger partial charge on any atom is -0.449 e. The molecule has 0 aliphatic carbocycles. The zero-order chi connectivity index (χ0) is 9.40. The molecule has 0 bridgehead atoms. The highest BCUT2D eigenvalue weighted by Gasteiger charge is 2.01. The van der Waals surface area contributed by atoms with E-state index in [1.165, 1.54) is 0 Å². The Kier molecular flexibility index (Phi) is 6.53. The molecule has 71 valence electrons. The third-order valence-corrected chi connectivity index (χ3v) is 1.24. The molecule has 1 amide bonds. The maximum Gasteiger partial charge on any atom is 0.407 e. The second-order valence-electron chi connectivity index (χ2n) is 3.13. The van der Waals surface area contributed by atoms with Crippen LogP contribution in [0.3, 0.4) is 0 Å². The summed E-state index contributed by atoms with van der Waals surface area (Å²) >= 11 is 0. The molecule has 1 radical (unpaired) electrons. The summed E-state index contributed by atoms with van der Waals surface area (Å²) in [6.45, 7) is 8.81. The molecule has 0 unspecified atom stereocenters. The van der Waals surface area contributed by atoms with Gasteiger partial charge in [0, 0.05) is 6.54 Å². The fourth-order valence-electron chi connectivity index (χ4n) is 0.609. The molecule has 12 heavy (non-hydrogen) atoms. The number of unbranched alkanes of at least 4 members (excludes halogenated alkanes) is 1. The molecular weight excluding hydrogens is 154 g/mol. The van der Waals surface area contributed by atoms with Gasteiger partial charge in [-0.15, -0.1) is 0 Å². The maximum absolute atomic E-state index is 10.9. The first kappa shape index (κ1) is 11.3. The molecule has 0 heterocycles. The van der Waals surface area contributed by atoms with Crippen LogP contribution in [0.25, 0.3) is 0 Å². The van der Waals surface area contributed by atoms with Crippen LogP contribution in [0.1, 0.15) is 26.7 Å². The number of carbonyl (C=O) groups is 1. The first-order valence-corrected chi connectivity index (χ1v) is 4.36. The second kappa shape index (κ2) is 6.95. The molecule has 3 heteroatoms. The summed E-state index contributed by atoms with van der Waals surface area (Å²) < 4.78 is 4.88. The number of hydrogen-bond acceptors (Lipinski definition) is 2. The molecule has 0 aromatic carbocycles. The SMILES string of the molecule is [CH2]CCCNC(=O)OCC(C)C. The average Bonchev–Trinajstić information content (AvgIpc) is 2.01. The topological polar surface area (TPSA) is 38.3 Å². The number of nitrogens with one attached hydrogen (secondary N) is 1. The lowest BCUT2D eigenvalue weighted by Gasteiger charge is -2.07. The van der Waals surface area contributed by atoms with Gasteiger partial charge in [-0.2, -0.15) is 0 Å². The van der Waals surface area contributed by atoms with Crippen molar-refractivity contribution in [2.24, 2.45) is 5.92 Å². The Morgan fingerprint density at radius 1 is 1.58 bits per heavy atom. The first-order chi connectivity index (χ1) is 5.66. The van der Waals surface area contributed by atoms with Gasteiger partial charge in [0.25, 0.3) is 0 Å². The summed E-state index contributed by atoms with van der Waals surface area (Å²) in [5.74, 6) is 0.392. The van der Waals surface area contributed by atoms with E-state index in [0.717, 1.165) is 12.8 Å². The van der Waals surface area contributed by atoms with Gasteiger partial charge in [0.2, 0.25) is 0 Å². The molecule has 1 N–H and O–H groups in total. The van der Waals surface area contributed by atoms with Crippen molar-refractivity contribution in [3.05, 3.63) is 6.92 Å². The zero-order valence-electron chi connectivity index (χ0n) is 7.93. The number of alkyl carbamates (subject to hydrolysis) is 1. The molecule has 0 aromatic heterocycles. The van der Waals surface area contributed by atoms with Crippen LogP contribution in [0.2, 0.25) is 0 Å². The van der Waals surface area contributed by atoms with Crippen molar-refractivity contribution >= 4 is 6.09 Å². The summed E-state index contributed by atoms with van der Waals surface area (Å²) in [6, 6.07) is 0. The van der Waals surface area contributed by atoms with E-state index in [1.54, 1.807) is 0 Å². The van der Waals surface area contributed by atoms with E-state index in [1.807, 2.05) is 13.8 Å². The molecule has 3 nitrogen and oxygen atoms in total. The maximum atomic E-state index is 10.9. The highest BCUT2D eigenvalue weighted by atomic mass is 16.5. The molecule has 0 saturated heterocycles. The van der Waals surface area contributed by atoms with Gasteiger partial charge in [0.05, 0.1) is 6.61 Å². The van der Waals surface area contributed by atoms with E-state index in [-0.39, 0.29) is 6.09 Å². The van der Waals surface area contributed by atoms with Crippen molar-refractivity contribution in [1.29, 1.82) is 0 Å². The number of rotatable bonds is 5. The van der Waals surface area contributed by atoms with Crippen molar-refractivity contribution < 1.29 is 9.53 Å². The third-order valence-electron chi connectivity index (χ3n) is 1.24. The Bertz CT molecular complexity index is 124. The first-order valence-electron chi connectivity index (χ1n) is 4.36. The fraction of sp³-hybridized carbons (Fsp3) is 0.778. The van der Waals surface area contributed by atoms with Gasteiger partial charge >= 0.3 is 6.09 Å². The van der Waals surface area contributed by atoms with Gasteiger partial charge in [-0.25, -0.2) is 4.79 Å². The van der Waals surface area contributed by atoms with Crippen LogP contribution >= 0.6 is 0 Å². The summed E-state index contributed by atoms with van der Waals surface area (Å²) in [4.78, 5) is 10.9. The Morgan fingerprint density at radius 2 is 2.25 bits per heavy atom. The molecule has 0 aliphatic heterocycles. The molecule has 0 atom stereocenters. The summed E-state index contributed by atoms with van der Waals surface area (Å²) in [5, 5.41) is 2.64. The van der Waals surface area contributed by atoms with E-state index >= 15 is 0 Å². The van der Waals surface area contributed by atoms with Crippen LogP contribution in [0.4, 0.5) is 4.79 Å². The Labute approximate surface area is 74.5 Å². The van der Waals surface area contributed by atoms with E-state index < -0.39 is 0 Å². The normalized spacial score (nSPS) is 10.0. The van der Waals surface area contributed by atoms with E-state index in [2.05, 4.69) is 12.2 Å². The molecule has 0 spiro atoms. The molecule has 0 saturated carbocycles.